The molecule has 0 aliphatic carbocycles. The fourth-order valence-electron chi connectivity index (χ4n) is 1.78. The summed E-state index contributed by atoms with van der Waals surface area (Å²) < 4.78 is 4.99. The Kier molecular flexibility index (Phi) is 4.35. The minimum atomic E-state index is 0.177. The van der Waals surface area contributed by atoms with E-state index in [1.54, 1.807) is 7.11 Å². The maximum atomic E-state index is 11.7. The van der Waals surface area contributed by atoms with E-state index in [9.17, 15) is 4.79 Å². The molecule has 0 bridgehead atoms. The zero-order valence-corrected chi connectivity index (χ0v) is 9.03. The maximum Gasteiger partial charge on any atom is 0.222 e. The van der Waals surface area contributed by atoms with Crippen molar-refractivity contribution in [2.75, 3.05) is 26.8 Å². The quantitative estimate of drug-likeness (QED) is 0.706. The van der Waals surface area contributed by atoms with Crippen molar-refractivity contribution in [1.29, 1.82) is 0 Å². The van der Waals surface area contributed by atoms with Crippen LogP contribution in [0.5, 0.6) is 0 Å². The molecule has 1 amide bonds. The van der Waals surface area contributed by atoms with Crippen LogP contribution in [-0.4, -0.2) is 43.7 Å². The summed E-state index contributed by atoms with van der Waals surface area (Å²) in [6, 6.07) is 0.177. The minimum absolute atomic E-state index is 0.177. The first-order valence-electron chi connectivity index (χ1n) is 5.15. The summed E-state index contributed by atoms with van der Waals surface area (Å²) in [6.07, 6.45) is 1.50. The van der Waals surface area contributed by atoms with Crippen molar-refractivity contribution >= 4 is 5.91 Å². The first-order valence-corrected chi connectivity index (χ1v) is 5.15. The normalized spacial score (nSPS) is 23.9. The molecule has 0 radical (unpaired) electrons. The number of nitrogens with two attached hydrogens (primary N) is 1. The number of likely N-dealkylation sites (tertiary alicyclic amines) is 1. The maximum absolute atomic E-state index is 11.7. The molecular formula is C10H20N2O2. The third kappa shape index (κ3) is 3.27. The van der Waals surface area contributed by atoms with E-state index in [1.165, 1.54) is 0 Å². The van der Waals surface area contributed by atoms with E-state index in [0.717, 1.165) is 19.5 Å². The van der Waals surface area contributed by atoms with Crippen LogP contribution in [0.3, 0.4) is 0 Å². The predicted molar refractivity (Wildman–Crippen MR) is 54.8 cm³/mol. The largest absolute Gasteiger partial charge is 0.384 e. The van der Waals surface area contributed by atoms with Gasteiger partial charge < -0.3 is 15.4 Å². The van der Waals surface area contributed by atoms with Gasteiger partial charge >= 0.3 is 0 Å². The summed E-state index contributed by atoms with van der Waals surface area (Å²) in [6.45, 7) is 4.21. The van der Waals surface area contributed by atoms with Gasteiger partial charge in [-0.1, -0.05) is 6.92 Å². The molecule has 1 unspecified atom stereocenters. The van der Waals surface area contributed by atoms with Crippen LogP contribution in [0.2, 0.25) is 0 Å². The van der Waals surface area contributed by atoms with E-state index in [-0.39, 0.29) is 11.9 Å². The minimum Gasteiger partial charge on any atom is -0.384 e. The Morgan fingerprint density at radius 1 is 1.71 bits per heavy atom. The van der Waals surface area contributed by atoms with Gasteiger partial charge in [-0.05, 0) is 12.3 Å². The Morgan fingerprint density at radius 3 is 2.93 bits per heavy atom. The average Bonchev–Trinajstić information content (AvgIpc) is 2.52. The lowest BCUT2D eigenvalue weighted by Crippen LogP contribution is -2.33. The molecule has 82 valence electrons. The number of carbonyl (C=O) groups excluding carboxylic acids is 1. The van der Waals surface area contributed by atoms with Crippen molar-refractivity contribution in [3.8, 4) is 0 Å². The third-order valence-corrected chi connectivity index (χ3v) is 2.55. The third-order valence-electron chi connectivity index (χ3n) is 2.55. The van der Waals surface area contributed by atoms with Crippen molar-refractivity contribution in [3.05, 3.63) is 0 Å². The van der Waals surface area contributed by atoms with Crippen LogP contribution in [0.25, 0.3) is 0 Å². The van der Waals surface area contributed by atoms with Gasteiger partial charge in [-0.2, -0.15) is 0 Å². The predicted octanol–water partition coefficient (Wildman–Crippen LogP) is 0.219. The lowest BCUT2D eigenvalue weighted by molar-refractivity contribution is -0.131. The number of carbonyl (C=O) groups is 1. The van der Waals surface area contributed by atoms with Crippen LogP contribution in [-0.2, 0) is 9.53 Å². The summed E-state index contributed by atoms with van der Waals surface area (Å²) >= 11 is 0. The van der Waals surface area contributed by atoms with Crippen LogP contribution in [0.1, 0.15) is 19.8 Å². The Morgan fingerprint density at radius 2 is 2.43 bits per heavy atom. The molecule has 4 heteroatoms. The van der Waals surface area contributed by atoms with Gasteiger partial charge in [0.25, 0.3) is 0 Å². The summed E-state index contributed by atoms with van der Waals surface area (Å²) in [7, 11) is 1.66. The molecular weight excluding hydrogens is 180 g/mol. The number of hydrogen-bond acceptors (Lipinski definition) is 3. The highest BCUT2D eigenvalue weighted by atomic mass is 16.5. The molecule has 14 heavy (non-hydrogen) atoms. The van der Waals surface area contributed by atoms with E-state index in [1.807, 2.05) is 11.8 Å². The smallest absolute Gasteiger partial charge is 0.222 e. The lowest BCUT2D eigenvalue weighted by Gasteiger charge is -2.18. The number of nitrogens with zero attached hydrogens (tertiary/aromatic N) is 1. The topological polar surface area (TPSA) is 55.6 Å². The molecule has 1 aliphatic heterocycles. The molecule has 0 spiro atoms. The van der Waals surface area contributed by atoms with Crippen molar-refractivity contribution in [1.82, 2.24) is 4.90 Å². The molecule has 1 heterocycles. The van der Waals surface area contributed by atoms with E-state index in [0.29, 0.717) is 18.9 Å². The first kappa shape index (κ1) is 11.5. The Hall–Kier alpha value is -0.610. The number of hydrogen-bond donors (Lipinski definition) is 1. The summed E-state index contributed by atoms with van der Waals surface area (Å²) in [5, 5.41) is 0. The molecule has 0 saturated carbocycles. The van der Waals surface area contributed by atoms with Gasteiger partial charge in [0.2, 0.25) is 5.91 Å². The summed E-state index contributed by atoms with van der Waals surface area (Å²) in [4.78, 5) is 13.5. The highest BCUT2D eigenvalue weighted by Gasteiger charge is 2.24. The van der Waals surface area contributed by atoms with E-state index in [4.69, 9.17) is 10.5 Å². The van der Waals surface area contributed by atoms with Crippen LogP contribution in [0.4, 0.5) is 0 Å². The lowest BCUT2D eigenvalue weighted by atomic mass is 10.1. The fraction of sp³-hybridized carbons (Fsp3) is 0.900. The molecule has 2 atom stereocenters. The van der Waals surface area contributed by atoms with E-state index < -0.39 is 0 Å². The number of rotatable bonds is 4. The standard InChI is InChI=1S/C10H20N2O2/c1-8(7-14-2)5-10(13)12-4-3-9(11)6-12/h8-9H,3-7,11H2,1-2H3/t8?,9-/m1/s1. The number of methoxy groups -OCH3 is 1. The van der Waals surface area contributed by atoms with E-state index in [2.05, 4.69) is 0 Å². The van der Waals surface area contributed by atoms with Crippen LogP contribution in [0, 0.1) is 5.92 Å². The molecule has 0 aromatic heterocycles. The van der Waals surface area contributed by atoms with Gasteiger partial charge in [0, 0.05) is 39.3 Å². The highest BCUT2D eigenvalue weighted by molar-refractivity contribution is 5.76. The van der Waals surface area contributed by atoms with Gasteiger partial charge in [-0.3, -0.25) is 4.79 Å². The second kappa shape index (κ2) is 5.32. The Labute approximate surface area is 85.4 Å². The first-order chi connectivity index (χ1) is 6.63. The zero-order valence-electron chi connectivity index (χ0n) is 9.03. The molecule has 1 rings (SSSR count). The molecule has 0 aromatic rings. The number of ether oxygens (including phenoxy) is 1. The van der Waals surface area contributed by atoms with Gasteiger partial charge in [-0.15, -0.1) is 0 Å². The van der Waals surface area contributed by atoms with E-state index >= 15 is 0 Å². The van der Waals surface area contributed by atoms with Crippen LogP contribution in [0.15, 0.2) is 0 Å². The van der Waals surface area contributed by atoms with Gasteiger partial charge in [0.1, 0.15) is 0 Å². The Balaban J connectivity index is 2.27. The second-order valence-electron chi connectivity index (χ2n) is 4.15. The van der Waals surface area contributed by atoms with Gasteiger partial charge in [-0.25, -0.2) is 0 Å². The number of amides is 1. The zero-order chi connectivity index (χ0) is 10.6. The van der Waals surface area contributed by atoms with Crippen LogP contribution < -0.4 is 5.73 Å². The Bertz CT molecular complexity index is 197. The molecule has 2 N–H and O–H groups in total. The monoisotopic (exact) mass is 200 g/mol. The highest BCUT2D eigenvalue weighted by Crippen LogP contribution is 2.12. The molecule has 0 aromatic carbocycles. The van der Waals surface area contributed by atoms with Crippen molar-refractivity contribution in [2.45, 2.75) is 25.8 Å². The van der Waals surface area contributed by atoms with Crippen molar-refractivity contribution in [3.63, 3.8) is 0 Å². The molecule has 1 saturated heterocycles. The summed E-state index contributed by atoms with van der Waals surface area (Å²) in [5.74, 6) is 0.506. The molecule has 1 fully saturated rings. The molecule has 4 nitrogen and oxygen atoms in total. The van der Waals surface area contributed by atoms with Crippen LogP contribution >= 0.6 is 0 Å². The SMILES string of the molecule is COCC(C)CC(=O)N1CC[C@@H](N)C1. The molecule has 1 aliphatic rings. The average molecular weight is 200 g/mol. The van der Waals surface area contributed by atoms with Crippen molar-refractivity contribution in [2.24, 2.45) is 11.7 Å². The van der Waals surface area contributed by atoms with Gasteiger partial charge in [0.05, 0.1) is 0 Å². The second-order valence-corrected chi connectivity index (χ2v) is 4.15. The fourth-order valence-corrected chi connectivity index (χ4v) is 1.78. The van der Waals surface area contributed by atoms with Gasteiger partial charge in [0.15, 0.2) is 0 Å². The summed E-state index contributed by atoms with van der Waals surface area (Å²) in [5.41, 5.74) is 5.73. The van der Waals surface area contributed by atoms with Crippen molar-refractivity contribution < 1.29 is 9.53 Å².